The number of alkyl halides is 3. The second kappa shape index (κ2) is 3.00. The van der Waals surface area contributed by atoms with Gasteiger partial charge in [-0.05, 0) is 19.3 Å². The van der Waals surface area contributed by atoms with Gasteiger partial charge in [0.15, 0.2) is 5.78 Å². The van der Waals surface area contributed by atoms with Crippen molar-refractivity contribution in [2.45, 2.75) is 39.3 Å². The average Bonchev–Trinajstić information content (AvgIpc) is 2.80. The quantitative estimate of drug-likeness (QED) is 0.675. The molecule has 13 heavy (non-hydrogen) atoms. The van der Waals surface area contributed by atoms with E-state index in [0.29, 0.717) is 6.42 Å². The van der Waals surface area contributed by atoms with Gasteiger partial charge in [-0.3, -0.25) is 4.79 Å². The van der Waals surface area contributed by atoms with Gasteiger partial charge in [0.1, 0.15) is 5.41 Å². The Morgan fingerprint density at radius 3 is 2.15 bits per heavy atom. The van der Waals surface area contributed by atoms with Crippen LogP contribution in [0.3, 0.4) is 0 Å². The van der Waals surface area contributed by atoms with Gasteiger partial charge in [-0.1, -0.05) is 13.8 Å². The summed E-state index contributed by atoms with van der Waals surface area (Å²) in [5, 5.41) is 0. The molecule has 1 saturated carbocycles. The molecule has 0 saturated heterocycles. The third-order valence-corrected chi connectivity index (χ3v) is 2.82. The number of hydrogen-bond donors (Lipinski definition) is 0. The predicted molar refractivity (Wildman–Crippen MR) is 42.2 cm³/mol. The molecule has 1 aliphatic rings. The van der Waals surface area contributed by atoms with E-state index in [1.807, 2.05) is 0 Å². The molecular weight excluding hydrogens is 181 g/mol. The molecule has 1 aliphatic carbocycles. The summed E-state index contributed by atoms with van der Waals surface area (Å²) in [5.41, 5.74) is -1.97. The Kier molecular flexibility index (Phi) is 2.43. The Hall–Kier alpha value is -0.540. The van der Waals surface area contributed by atoms with Crippen LogP contribution in [-0.4, -0.2) is 12.0 Å². The van der Waals surface area contributed by atoms with E-state index in [4.69, 9.17) is 0 Å². The molecule has 0 N–H and O–H groups in total. The Morgan fingerprint density at radius 2 is 1.92 bits per heavy atom. The van der Waals surface area contributed by atoms with Crippen molar-refractivity contribution in [3.8, 4) is 0 Å². The molecule has 0 radical (unpaired) electrons. The Morgan fingerprint density at radius 1 is 1.46 bits per heavy atom. The summed E-state index contributed by atoms with van der Waals surface area (Å²) in [4.78, 5) is 11.4. The molecule has 1 nitrogen and oxygen atoms in total. The lowest BCUT2D eigenvalue weighted by molar-refractivity contribution is -0.193. The van der Waals surface area contributed by atoms with E-state index < -0.39 is 23.3 Å². The first kappa shape index (κ1) is 10.5. The number of Topliss-reactive ketones (excluding diaryl/α,β-unsaturated/α-hetero) is 1. The minimum absolute atomic E-state index is 0.0142. The highest BCUT2D eigenvalue weighted by atomic mass is 19.4. The lowest BCUT2D eigenvalue weighted by atomic mass is 9.89. The third kappa shape index (κ3) is 1.58. The fourth-order valence-corrected chi connectivity index (χ4v) is 1.45. The summed E-state index contributed by atoms with van der Waals surface area (Å²) in [7, 11) is 0. The highest BCUT2D eigenvalue weighted by Gasteiger charge is 2.68. The van der Waals surface area contributed by atoms with Crippen molar-refractivity contribution in [2.75, 3.05) is 0 Å². The van der Waals surface area contributed by atoms with Crippen molar-refractivity contribution in [2.24, 2.45) is 11.3 Å². The molecule has 0 aromatic rings. The van der Waals surface area contributed by atoms with E-state index in [1.165, 1.54) is 0 Å². The minimum atomic E-state index is -4.34. The van der Waals surface area contributed by atoms with Gasteiger partial charge >= 0.3 is 6.18 Å². The van der Waals surface area contributed by atoms with Gasteiger partial charge in [-0.15, -0.1) is 0 Å². The molecule has 4 heteroatoms. The van der Waals surface area contributed by atoms with Crippen molar-refractivity contribution in [1.82, 2.24) is 0 Å². The summed E-state index contributed by atoms with van der Waals surface area (Å²) in [6.45, 7) is 3.29. The molecule has 0 heterocycles. The first-order valence-corrected chi connectivity index (χ1v) is 4.46. The highest BCUT2D eigenvalue weighted by Crippen LogP contribution is 2.59. The number of carbonyl (C=O) groups excluding carboxylic acids is 1. The topological polar surface area (TPSA) is 17.1 Å². The van der Waals surface area contributed by atoms with Gasteiger partial charge in [-0.25, -0.2) is 0 Å². The second-order valence-corrected chi connectivity index (χ2v) is 3.75. The van der Waals surface area contributed by atoms with Crippen LogP contribution in [0.25, 0.3) is 0 Å². The summed E-state index contributed by atoms with van der Waals surface area (Å²) in [6.07, 6.45) is -3.89. The van der Waals surface area contributed by atoms with Gasteiger partial charge < -0.3 is 0 Å². The van der Waals surface area contributed by atoms with Crippen LogP contribution in [0.1, 0.15) is 33.1 Å². The molecule has 0 aromatic carbocycles. The molecule has 1 atom stereocenters. The van der Waals surface area contributed by atoms with E-state index in [2.05, 4.69) is 0 Å². The molecule has 1 unspecified atom stereocenters. The highest BCUT2D eigenvalue weighted by molar-refractivity contribution is 5.90. The second-order valence-electron chi connectivity index (χ2n) is 3.75. The molecule has 0 aromatic heterocycles. The molecular formula is C9H13F3O. The van der Waals surface area contributed by atoms with Crippen molar-refractivity contribution in [3.63, 3.8) is 0 Å². The minimum Gasteiger partial charge on any atom is -0.298 e. The number of ketones is 1. The SMILES string of the molecule is CCC(C)C(=O)C1(C(F)(F)F)CC1. The lowest BCUT2D eigenvalue weighted by Crippen LogP contribution is -2.35. The standard InChI is InChI=1S/C9H13F3O/c1-3-6(2)7(13)8(4-5-8)9(10,11)12/h6H,3-5H2,1-2H3. The van der Waals surface area contributed by atoms with Crippen LogP contribution in [0, 0.1) is 11.3 Å². The largest absolute Gasteiger partial charge is 0.401 e. The number of halogens is 3. The number of hydrogen-bond acceptors (Lipinski definition) is 1. The molecule has 0 amide bonds. The Labute approximate surface area is 75.3 Å². The smallest absolute Gasteiger partial charge is 0.298 e. The first-order valence-electron chi connectivity index (χ1n) is 4.46. The average molecular weight is 194 g/mol. The maximum atomic E-state index is 12.4. The van der Waals surface area contributed by atoms with Gasteiger partial charge in [0, 0.05) is 5.92 Å². The summed E-state index contributed by atoms with van der Waals surface area (Å²) in [6, 6.07) is 0. The zero-order valence-corrected chi connectivity index (χ0v) is 7.74. The fraction of sp³-hybridized carbons (Fsp3) is 0.889. The van der Waals surface area contributed by atoms with E-state index >= 15 is 0 Å². The maximum Gasteiger partial charge on any atom is 0.401 e. The van der Waals surface area contributed by atoms with Crippen molar-refractivity contribution in [1.29, 1.82) is 0 Å². The van der Waals surface area contributed by atoms with Gasteiger partial charge in [0.05, 0.1) is 0 Å². The summed E-state index contributed by atoms with van der Waals surface area (Å²) in [5.74, 6) is -1.09. The predicted octanol–water partition coefficient (Wildman–Crippen LogP) is 2.94. The van der Waals surface area contributed by atoms with E-state index in [1.54, 1.807) is 13.8 Å². The van der Waals surface area contributed by atoms with Crippen LogP contribution >= 0.6 is 0 Å². The Bertz CT molecular complexity index is 215. The third-order valence-electron chi connectivity index (χ3n) is 2.82. The fourth-order valence-electron chi connectivity index (χ4n) is 1.45. The lowest BCUT2D eigenvalue weighted by Gasteiger charge is -2.20. The normalized spacial score (nSPS) is 22.5. The van der Waals surface area contributed by atoms with Crippen LogP contribution in [0.5, 0.6) is 0 Å². The van der Waals surface area contributed by atoms with Crippen LogP contribution in [0.2, 0.25) is 0 Å². The number of rotatable bonds is 3. The van der Waals surface area contributed by atoms with Gasteiger partial charge in [0.2, 0.25) is 0 Å². The van der Waals surface area contributed by atoms with Gasteiger partial charge in [-0.2, -0.15) is 13.2 Å². The monoisotopic (exact) mass is 194 g/mol. The Balaban J connectivity index is 2.77. The van der Waals surface area contributed by atoms with Crippen LogP contribution < -0.4 is 0 Å². The summed E-state index contributed by atoms with van der Waals surface area (Å²) < 4.78 is 37.3. The van der Waals surface area contributed by atoms with Crippen LogP contribution in [0.15, 0.2) is 0 Å². The zero-order chi connectivity index (χ0) is 10.3. The van der Waals surface area contributed by atoms with Gasteiger partial charge in [0.25, 0.3) is 0 Å². The number of carbonyl (C=O) groups is 1. The molecule has 1 fully saturated rings. The van der Waals surface area contributed by atoms with Crippen LogP contribution in [-0.2, 0) is 4.79 Å². The van der Waals surface area contributed by atoms with E-state index in [-0.39, 0.29) is 12.8 Å². The van der Waals surface area contributed by atoms with Crippen molar-refractivity contribution < 1.29 is 18.0 Å². The van der Waals surface area contributed by atoms with Crippen LogP contribution in [0.4, 0.5) is 13.2 Å². The first-order chi connectivity index (χ1) is 5.85. The maximum absolute atomic E-state index is 12.4. The molecule has 0 aliphatic heterocycles. The molecule has 0 bridgehead atoms. The zero-order valence-electron chi connectivity index (χ0n) is 7.74. The van der Waals surface area contributed by atoms with Crippen molar-refractivity contribution in [3.05, 3.63) is 0 Å². The molecule has 0 spiro atoms. The summed E-state index contributed by atoms with van der Waals surface area (Å²) >= 11 is 0. The van der Waals surface area contributed by atoms with E-state index in [9.17, 15) is 18.0 Å². The van der Waals surface area contributed by atoms with Crippen molar-refractivity contribution >= 4 is 5.78 Å². The van der Waals surface area contributed by atoms with E-state index in [0.717, 1.165) is 0 Å². The molecule has 76 valence electrons. The molecule has 1 rings (SSSR count).